The first-order chi connectivity index (χ1) is 27.4. The number of piperidine rings is 1. The van der Waals surface area contributed by atoms with Gasteiger partial charge in [0, 0.05) is 55.1 Å². The third kappa shape index (κ3) is 6.72. The molecule has 6 aliphatic carbocycles. The molecular weight excluding hydrogens is 725 g/mol. The third-order valence-corrected chi connectivity index (χ3v) is 18.8. The van der Waals surface area contributed by atoms with Gasteiger partial charge in [-0.1, -0.05) is 54.0 Å². The molecule has 1 aromatic carbocycles. The Morgan fingerprint density at radius 2 is 1.55 bits per heavy atom. The van der Waals surface area contributed by atoms with Crippen LogP contribution in [0.1, 0.15) is 149 Å². The Labute approximate surface area is 347 Å². The predicted octanol–water partition coefficient (Wildman–Crippen LogP) is 9.29. The Bertz CT molecular complexity index is 1820. The van der Waals surface area contributed by atoms with Crippen molar-refractivity contribution in [1.82, 2.24) is 5.32 Å². The van der Waals surface area contributed by atoms with Crippen molar-refractivity contribution >= 4 is 29.1 Å². The summed E-state index contributed by atoms with van der Waals surface area (Å²) in [7, 11) is 0. The third-order valence-electron chi connectivity index (χ3n) is 18.8. The maximum atomic E-state index is 14.1. The fourth-order valence-electron chi connectivity index (χ4n) is 15.6. The van der Waals surface area contributed by atoms with Gasteiger partial charge in [-0.15, -0.1) is 0 Å². The summed E-state index contributed by atoms with van der Waals surface area (Å²) in [6.45, 7) is 18.7. The van der Waals surface area contributed by atoms with Crippen LogP contribution in [0.3, 0.4) is 0 Å². The molecule has 1 amide bonds. The van der Waals surface area contributed by atoms with Crippen molar-refractivity contribution in [2.45, 2.75) is 144 Å². The van der Waals surface area contributed by atoms with Crippen molar-refractivity contribution in [3.63, 3.8) is 0 Å². The first kappa shape index (κ1) is 41.7. The van der Waals surface area contributed by atoms with Crippen LogP contribution in [0, 0.1) is 74.9 Å². The monoisotopic (exact) mass is 797 g/mol. The number of ketones is 2. The topological polar surface area (TPSA) is 124 Å². The number of nitrogens with zero attached hydrogens (tertiary/aromatic N) is 1. The molecule has 5 saturated carbocycles. The van der Waals surface area contributed by atoms with Crippen LogP contribution in [-0.4, -0.2) is 59.4 Å². The number of rotatable bonds is 10. The van der Waals surface area contributed by atoms with Crippen molar-refractivity contribution in [2.24, 2.45) is 74.9 Å². The first-order valence-electron chi connectivity index (χ1n) is 23.3. The van der Waals surface area contributed by atoms with Gasteiger partial charge in [-0.2, -0.15) is 0 Å². The smallest absolute Gasteiger partial charge is 0.306 e. The minimum absolute atomic E-state index is 0.0389. The molecule has 8 rings (SSSR count). The number of carboxylic acid groups (broad SMARTS) is 1. The highest BCUT2D eigenvalue weighted by atomic mass is 16.4. The van der Waals surface area contributed by atoms with E-state index in [9.17, 15) is 29.4 Å². The molecule has 0 spiro atoms. The minimum Gasteiger partial charge on any atom is -0.481 e. The zero-order chi connectivity index (χ0) is 41.5. The Kier molecular flexibility index (Phi) is 10.9. The van der Waals surface area contributed by atoms with Crippen LogP contribution in [-0.2, 0) is 14.4 Å². The molecule has 3 N–H and O–H groups in total. The zero-order valence-corrected chi connectivity index (χ0v) is 36.6. The zero-order valence-electron chi connectivity index (χ0n) is 36.6. The molecule has 1 saturated heterocycles. The second kappa shape index (κ2) is 15.2. The SMILES string of the molecule is CC(C)C1=C2C3CCC4C(C)(CCC5C(C)(C)C(CC(=O)C6CC(C(=O)O)C6C)CCC54C)C3CCC2(CCNC(=O)c2ccc(N3CCC(O)CC3)cc2)CC1=O. The number of Topliss-reactive ketones (excluding diaryl/α,β-unsaturated/α-hetero) is 2. The van der Waals surface area contributed by atoms with Crippen LogP contribution in [0.25, 0.3) is 0 Å². The number of amides is 1. The lowest BCUT2D eigenvalue weighted by Gasteiger charge is -2.69. The molecule has 58 heavy (non-hydrogen) atoms. The highest BCUT2D eigenvalue weighted by Gasteiger charge is 2.66. The quantitative estimate of drug-likeness (QED) is 0.216. The normalized spacial score (nSPS) is 39.6. The van der Waals surface area contributed by atoms with E-state index < -0.39 is 5.97 Å². The molecule has 1 heterocycles. The second-order valence-electron chi connectivity index (χ2n) is 22.0. The number of carbonyl (C=O) groups is 4. The van der Waals surface area contributed by atoms with Gasteiger partial charge in [-0.05, 0) is 165 Å². The number of aliphatic hydroxyl groups is 1. The molecule has 6 fully saturated rings. The summed E-state index contributed by atoms with van der Waals surface area (Å²) in [6.07, 6.45) is 12.9. The summed E-state index contributed by atoms with van der Waals surface area (Å²) in [5, 5.41) is 22.7. The highest BCUT2D eigenvalue weighted by molar-refractivity contribution is 6.00. The summed E-state index contributed by atoms with van der Waals surface area (Å²) in [5.74, 6) is 1.92. The standard InChI is InChI=1S/C50H72N2O6/c1-29(2)43-40(55)28-50(22-23-51-45(56)31-8-10-33(11-9-31)52-24-17-34(53)18-25-52)21-15-38-35(44(43)50)12-13-42-48(38,6)20-16-41-47(4,5)32(14-19-49(41,42)7)26-39(54)36-27-37(30(36)3)46(57)58/h8-11,29-30,32,34-38,41-42,53H,12-28H2,1-7H3,(H,51,56)(H,57,58). The van der Waals surface area contributed by atoms with E-state index in [-0.39, 0.29) is 57.3 Å². The number of fused-ring (bicyclic) bond motifs is 7. The lowest BCUT2D eigenvalue weighted by Crippen LogP contribution is -2.62. The van der Waals surface area contributed by atoms with Gasteiger partial charge in [0.05, 0.1) is 12.0 Å². The number of carbonyl (C=O) groups excluding carboxylic acids is 3. The molecule has 0 radical (unpaired) electrons. The van der Waals surface area contributed by atoms with E-state index in [1.807, 2.05) is 31.2 Å². The number of benzene rings is 1. The second-order valence-corrected chi connectivity index (χ2v) is 22.0. The maximum absolute atomic E-state index is 14.1. The highest BCUT2D eigenvalue weighted by Crippen LogP contribution is 2.74. The van der Waals surface area contributed by atoms with Crippen LogP contribution in [0.4, 0.5) is 5.69 Å². The van der Waals surface area contributed by atoms with E-state index in [0.29, 0.717) is 72.5 Å². The summed E-state index contributed by atoms with van der Waals surface area (Å²) < 4.78 is 0. The van der Waals surface area contributed by atoms with Crippen LogP contribution < -0.4 is 10.2 Å². The number of hydrogen-bond donors (Lipinski definition) is 3. The number of carboxylic acids is 1. The van der Waals surface area contributed by atoms with Crippen molar-refractivity contribution in [2.75, 3.05) is 24.5 Å². The Hall–Kier alpha value is -3.00. The van der Waals surface area contributed by atoms with Crippen molar-refractivity contribution in [3.8, 4) is 0 Å². The van der Waals surface area contributed by atoms with E-state index in [0.717, 1.165) is 75.7 Å². The van der Waals surface area contributed by atoms with Gasteiger partial charge >= 0.3 is 5.97 Å². The van der Waals surface area contributed by atoms with Crippen LogP contribution in [0.5, 0.6) is 0 Å². The lowest BCUT2D eigenvalue weighted by atomic mass is 9.35. The molecule has 318 valence electrons. The Morgan fingerprint density at radius 3 is 2.21 bits per heavy atom. The lowest BCUT2D eigenvalue weighted by molar-refractivity contribution is -0.193. The summed E-state index contributed by atoms with van der Waals surface area (Å²) in [6, 6.07) is 7.86. The number of allylic oxidation sites excluding steroid dienone is 2. The van der Waals surface area contributed by atoms with E-state index in [2.05, 4.69) is 51.8 Å². The predicted molar refractivity (Wildman–Crippen MR) is 227 cm³/mol. The molecular formula is C50H72N2O6. The van der Waals surface area contributed by atoms with E-state index >= 15 is 0 Å². The van der Waals surface area contributed by atoms with Crippen molar-refractivity contribution in [1.29, 1.82) is 0 Å². The largest absolute Gasteiger partial charge is 0.481 e. The maximum Gasteiger partial charge on any atom is 0.306 e. The molecule has 0 bridgehead atoms. The fourth-order valence-corrected chi connectivity index (χ4v) is 15.6. The van der Waals surface area contributed by atoms with Gasteiger partial charge in [-0.25, -0.2) is 0 Å². The number of nitrogens with one attached hydrogen (secondary N) is 1. The molecule has 11 atom stereocenters. The van der Waals surface area contributed by atoms with Gasteiger partial charge in [0.15, 0.2) is 5.78 Å². The average Bonchev–Trinajstić information content (AvgIpc) is 3.47. The Morgan fingerprint density at radius 1 is 0.862 bits per heavy atom. The number of hydrogen-bond acceptors (Lipinski definition) is 6. The van der Waals surface area contributed by atoms with E-state index in [4.69, 9.17) is 0 Å². The fraction of sp³-hybridized carbons (Fsp3) is 0.760. The van der Waals surface area contributed by atoms with Crippen molar-refractivity contribution < 1.29 is 29.4 Å². The first-order valence-corrected chi connectivity index (χ1v) is 23.3. The molecule has 7 aliphatic rings. The van der Waals surface area contributed by atoms with Crippen LogP contribution >= 0.6 is 0 Å². The van der Waals surface area contributed by atoms with E-state index in [1.54, 1.807) is 0 Å². The van der Waals surface area contributed by atoms with Gasteiger partial charge in [0.2, 0.25) is 0 Å². The van der Waals surface area contributed by atoms with Crippen LogP contribution in [0.15, 0.2) is 35.4 Å². The number of anilines is 1. The summed E-state index contributed by atoms with van der Waals surface area (Å²) in [4.78, 5) is 55.0. The van der Waals surface area contributed by atoms with Gasteiger partial charge < -0.3 is 20.4 Å². The average molecular weight is 797 g/mol. The molecule has 1 aromatic rings. The van der Waals surface area contributed by atoms with Crippen LogP contribution in [0.2, 0.25) is 0 Å². The van der Waals surface area contributed by atoms with Gasteiger partial charge in [0.25, 0.3) is 5.91 Å². The number of aliphatic carboxylic acids is 1. The molecule has 11 unspecified atom stereocenters. The van der Waals surface area contributed by atoms with Gasteiger partial charge in [-0.3, -0.25) is 19.2 Å². The number of aliphatic hydroxyl groups excluding tert-OH is 1. The van der Waals surface area contributed by atoms with Crippen molar-refractivity contribution in [3.05, 3.63) is 41.0 Å². The summed E-state index contributed by atoms with van der Waals surface area (Å²) >= 11 is 0. The summed E-state index contributed by atoms with van der Waals surface area (Å²) in [5.41, 5.74) is 4.58. The molecule has 8 nitrogen and oxygen atoms in total. The van der Waals surface area contributed by atoms with Gasteiger partial charge in [0.1, 0.15) is 5.78 Å². The van der Waals surface area contributed by atoms with E-state index in [1.165, 1.54) is 24.8 Å². The molecule has 1 aliphatic heterocycles. The molecule has 8 heteroatoms. The Balaban J connectivity index is 0.956. The minimum atomic E-state index is -0.761. The molecule has 0 aromatic heterocycles.